The summed E-state index contributed by atoms with van der Waals surface area (Å²) < 4.78 is -0.643. The lowest BCUT2D eigenvalue weighted by Gasteiger charge is -2.43. The number of nitrogens with one attached hydrogen (secondary N) is 1. The second-order valence-electron chi connectivity index (χ2n) is 6.39. The van der Waals surface area contributed by atoms with Crippen molar-refractivity contribution in [1.29, 1.82) is 0 Å². The van der Waals surface area contributed by atoms with Crippen LogP contribution >= 0.6 is 11.8 Å². The van der Waals surface area contributed by atoms with E-state index in [4.69, 9.17) is 5.84 Å². The molecule has 2 amide bonds. The van der Waals surface area contributed by atoms with Crippen LogP contribution in [0, 0.1) is 0 Å². The number of carbonyl (C=O) groups is 3. The zero-order valence-electron chi connectivity index (χ0n) is 13.7. The third-order valence-corrected chi connectivity index (χ3v) is 5.92. The van der Waals surface area contributed by atoms with Crippen LogP contribution in [0.5, 0.6) is 0 Å². The highest BCUT2D eigenvalue weighted by Gasteiger charge is 2.64. The molecule has 132 valence electrons. The number of carbonyl (C=O) groups excluding carboxylic acids is 2. The predicted molar refractivity (Wildman–Crippen MR) is 92.8 cm³/mol. The van der Waals surface area contributed by atoms with Crippen LogP contribution in [0.2, 0.25) is 0 Å². The van der Waals surface area contributed by atoms with Crippen molar-refractivity contribution in [2.45, 2.75) is 36.1 Å². The molecule has 2 fully saturated rings. The van der Waals surface area contributed by atoms with Gasteiger partial charge in [0, 0.05) is 10.3 Å². The molecule has 3 rings (SSSR count). The van der Waals surface area contributed by atoms with Crippen molar-refractivity contribution in [1.82, 2.24) is 10.2 Å². The topological polar surface area (TPSA) is 125 Å². The van der Waals surface area contributed by atoms with Crippen LogP contribution in [-0.2, 0) is 14.4 Å². The second-order valence-corrected chi connectivity index (χ2v) is 8.16. The fraction of sp³-hybridized carbons (Fsp3) is 0.375. The minimum Gasteiger partial charge on any atom is -0.480 e. The fourth-order valence-corrected chi connectivity index (χ4v) is 4.84. The number of nitrogens with two attached hydrogens (primary N) is 1. The molecule has 1 aromatic carbocycles. The number of hydrogen-bond donors (Lipinski definition) is 3. The highest BCUT2D eigenvalue weighted by molar-refractivity contribution is 8.01. The Morgan fingerprint density at radius 2 is 1.96 bits per heavy atom. The Bertz CT molecular complexity index is 765. The maximum absolute atomic E-state index is 12.5. The van der Waals surface area contributed by atoms with Gasteiger partial charge < -0.3 is 21.2 Å². The van der Waals surface area contributed by atoms with Gasteiger partial charge in [0.25, 0.3) is 5.91 Å². The number of rotatable bonds is 4. The lowest BCUT2D eigenvalue weighted by Crippen LogP contribution is -2.71. The number of aliphatic carboxylic acids is 1. The Hall–Kier alpha value is -2.55. The number of β-lactam (4-membered cyclic amide) rings is 1. The first kappa shape index (κ1) is 17.3. The average molecular weight is 362 g/mol. The molecule has 0 aliphatic carbocycles. The number of hydrazone groups is 1. The molecule has 0 radical (unpaired) electrons. The van der Waals surface area contributed by atoms with Crippen molar-refractivity contribution in [3.05, 3.63) is 35.9 Å². The van der Waals surface area contributed by atoms with Gasteiger partial charge in [-0.15, -0.1) is 11.8 Å². The summed E-state index contributed by atoms with van der Waals surface area (Å²) >= 11 is 1.36. The summed E-state index contributed by atoms with van der Waals surface area (Å²) in [5.41, 5.74) is 0.554. The fourth-order valence-electron chi connectivity index (χ4n) is 3.22. The first-order valence-electron chi connectivity index (χ1n) is 7.65. The number of amides is 2. The average Bonchev–Trinajstić information content (AvgIpc) is 2.82. The van der Waals surface area contributed by atoms with E-state index in [-0.39, 0.29) is 5.71 Å². The summed E-state index contributed by atoms with van der Waals surface area (Å²) in [5, 5.41) is 15.1. The van der Waals surface area contributed by atoms with E-state index in [0.717, 1.165) is 0 Å². The smallest absolute Gasteiger partial charge is 0.327 e. The van der Waals surface area contributed by atoms with E-state index < -0.39 is 40.0 Å². The molecule has 0 saturated carbocycles. The van der Waals surface area contributed by atoms with Crippen LogP contribution < -0.4 is 11.2 Å². The van der Waals surface area contributed by atoms with Gasteiger partial charge in [-0.1, -0.05) is 30.3 Å². The van der Waals surface area contributed by atoms with Crippen molar-refractivity contribution in [3.63, 3.8) is 0 Å². The minimum absolute atomic E-state index is 0.0175. The van der Waals surface area contributed by atoms with E-state index >= 15 is 0 Å². The van der Waals surface area contributed by atoms with E-state index in [1.807, 2.05) is 0 Å². The van der Waals surface area contributed by atoms with Gasteiger partial charge in [-0.2, -0.15) is 5.10 Å². The van der Waals surface area contributed by atoms with Crippen LogP contribution in [0.4, 0.5) is 0 Å². The molecular formula is C16H18N4O4S. The highest BCUT2D eigenvalue weighted by Crippen LogP contribution is 2.50. The van der Waals surface area contributed by atoms with Crippen molar-refractivity contribution in [2.24, 2.45) is 10.9 Å². The molecule has 1 unspecified atom stereocenters. The molecule has 2 aliphatic heterocycles. The van der Waals surface area contributed by atoms with Gasteiger partial charge in [0.05, 0.1) is 0 Å². The third-order valence-electron chi connectivity index (χ3n) is 4.35. The van der Waals surface area contributed by atoms with Gasteiger partial charge in [0.15, 0.2) is 5.71 Å². The van der Waals surface area contributed by atoms with Crippen LogP contribution in [-0.4, -0.2) is 55.7 Å². The number of nitrogens with zero attached hydrogens (tertiary/aromatic N) is 2. The summed E-state index contributed by atoms with van der Waals surface area (Å²) in [5.74, 6) is 3.31. The predicted octanol–water partition coefficient (Wildman–Crippen LogP) is -0.0189. The quantitative estimate of drug-likeness (QED) is 0.299. The lowest BCUT2D eigenvalue weighted by molar-refractivity contribution is -0.160. The van der Waals surface area contributed by atoms with Crippen molar-refractivity contribution >= 4 is 35.3 Å². The van der Waals surface area contributed by atoms with Crippen LogP contribution in [0.1, 0.15) is 19.4 Å². The molecule has 1 aromatic rings. The van der Waals surface area contributed by atoms with Crippen LogP contribution in [0.25, 0.3) is 0 Å². The SMILES string of the molecule is CC1(C)S[C@@H]2C(NC(=O)/C(=N/N)c3ccccc3)C(=O)N2[C@H]1C(=O)O. The van der Waals surface area contributed by atoms with E-state index in [2.05, 4.69) is 10.4 Å². The number of hydrogen-bond acceptors (Lipinski definition) is 6. The Morgan fingerprint density at radius 1 is 1.32 bits per heavy atom. The summed E-state index contributed by atoms with van der Waals surface area (Å²) in [6.07, 6.45) is 0. The molecule has 9 heteroatoms. The molecule has 0 spiro atoms. The Labute approximate surface area is 148 Å². The molecule has 2 saturated heterocycles. The summed E-state index contributed by atoms with van der Waals surface area (Å²) in [6, 6.07) is 6.96. The van der Waals surface area contributed by atoms with Crippen LogP contribution in [0.15, 0.2) is 35.4 Å². The normalized spacial score (nSPS) is 27.4. The van der Waals surface area contributed by atoms with Gasteiger partial charge in [-0.05, 0) is 13.8 Å². The summed E-state index contributed by atoms with van der Waals surface area (Å²) in [6.45, 7) is 3.55. The molecule has 4 N–H and O–H groups in total. The third kappa shape index (κ3) is 2.74. The molecule has 2 heterocycles. The zero-order chi connectivity index (χ0) is 18.4. The standard InChI is InChI=1S/C16H18N4O4S/c1-16(2)11(15(23)24)20-13(22)10(14(20)25-16)18-12(21)9(19-17)8-6-4-3-5-7-8/h3-7,10-11,14H,17H2,1-2H3,(H,18,21)(H,23,24)/b19-9+/t10?,11-,14+/m0/s1. The van der Waals surface area contributed by atoms with Gasteiger partial charge in [0.1, 0.15) is 17.5 Å². The van der Waals surface area contributed by atoms with Crippen molar-refractivity contribution in [2.75, 3.05) is 0 Å². The summed E-state index contributed by atoms with van der Waals surface area (Å²) in [7, 11) is 0. The zero-order valence-corrected chi connectivity index (χ0v) is 14.5. The van der Waals surface area contributed by atoms with E-state index in [0.29, 0.717) is 5.56 Å². The van der Waals surface area contributed by atoms with Gasteiger partial charge in [-0.25, -0.2) is 4.79 Å². The van der Waals surface area contributed by atoms with Gasteiger partial charge in [0.2, 0.25) is 5.91 Å². The number of carboxylic acid groups (broad SMARTS) is 1. The number of carboxylic acids is 1. The second kappa shape index (κ2) is 6.07. The highest BCUT2D eigenvalue weighted by atomic mass is 32.2. The van der Waals surface area contributed by atoms with Crippen molar-refractivity contribution in [3.8, 4) is 0 Å². The summed E-state index contributed by atoms with van der Waals surface area (Å²) in [4.78, 5) is 37.7. The number of benzene rings is 1. The van der Waals surface area contributed by atoms with E-state index in [1.165, 1.54) is 16.7 Å². The first-order valence-corrected chi connectivity index (χ1v) is 8.53. The van der Waals surface area contributed by atoms with E-state index in [1.54, 1.807) is 44.2 Å². The Kier molecular flexibility index (Phi) is 4.19. The lowest BCUT2D eigenvalue weighted by atomic mass is 9.96. The van der Waals surface area contributed by atoms with E-state index in [9.17, 15) is 19.5 Å². The van der Waals surface area contributed by atoms with Crippen LogP contribution in [0.3, 0.4) is 0 Å². The number of fused-ring (bicyclic) bond motifs is 1. The molecule has 3 atom stereocenters. The molecule has 25 heavy (non-hydrogen) atoms. The minimum atomic E-state index is -1.05. The van der Waals surface area contributed by atoms with Gasteiger partial charge >= 0.3 is 5.97 Å². The molecule has 0 bridgehead atoms. The molecule has 8 nitrogen and oxygen atoms in total. The maximum atomic E-state index is 12.5. The number of thioether (sulfide) groups is 1. The monoisotopic (exact) mass is 362 g/mol. The largest absolute Gasteiger partial charge is 0.480 e. The Morgan fingerprint density at radius 3 is 2.52 bits per heavy atom. The maximum Gasteiger partial charge on any atom is 0.327 e. The van der Waals surface area contributed by atoms with Crippen molar-refractivity contribution < 1.29 is 19.5 Å². The van der Waals surface area contributed by atoms with Gasteiger partial charge in [-0.3, -0.25) is 9.59 Å². The molecular weight excluding hydrogens is 344 g/mol. The first-order chi connectivity index (χ1) is 11.8. The molecule has 2 aliphatic rings. The molecule has 0 aromatic heterocycles. The Balaban J connectivity index is 1.76.